The minimum absolute atomic E-state index is 0.110. The zero-order valence-electron chi connectivity index (χ0n) is 37.4. The summed E-state index contributed by atoms with van der Waals surface area (Å²) >= 11 is 3.50. The van der Waals surface area contributed by atoms with Crippen molar-refractivity contribution < 1.29 is 115 Å². The number of hydrogen-bond acceptors (Lipinski definition) is 1. The van der Waals surface area contributed by atoms with Crippen molar-refractivity contribution in [1.82, 2.24) is 0 Å². The first-order valence-corrected chi connectivity index (χ1v) is 21.8. The van der Waals surface area contributed by atoms with Gasteiger partial charge < -0.3 is 0 Å². The third kappa shape index (κ3) is 13.5. The summed E-state index contributed by atoms with van der Waals surface area (Å²) in [6.07, 6.45) is -52.9. The van der Waals surface area contributed by atoms with Gasteiger partial charge in [0.05, 0.1) is 49.0 Å². The summed E-state index contributed by atoms with van der Waals surface area (Å²) in [7, 11) is 0. The lowest BCUT2D eigenvalue weighted by atomic mass is 9.12. The number of Topliss-reactive ketones (excluding diaryl/α,β-unsaturated/α-hetero) is 1. The maximum atomic E-state index is 14.2. The lowest BCUT2D eigenvalue weighted by molar-refractivity contribution is -0.657. The van der Waals surface area contributed by atoms with Crippen LogP contribution in [-0.4, -0.2) is 11.9 Å². The van der Waals surface area contributed by atoms with Crippen molar-refractivity contribution in [3.8, 4) is 0 Å². The fraction of sp³-hybridized carbons (Fsp3) is 0.184. The average Bonchev–Trinajstić information content (AvgIpc) is 3.29. The fourth-order valence-electron chi connectivity index (χ4n) is 8.35. The van der Waals surface area contributed by atoms with E-state index in [1.807, 2.05) is 65.4 Å². The summed E-state index contributed by atoms with van der Waals surface area (Å²) in [5, 5.41) is 1.11. The molecule has 0 amide bonds. The summed E-state index contributed by atoms with van der Waals surface area (Å²) in [4.78, 5) is 12.3. The first kappa shape index (κ1) is 59.5. The summed E-state index contributed by atoms with van der Waals surface area (Å²) in [6.45, 7) is 0.337. The lowest BCUT2D eigenvalue weighted by Crippen LogP contribution is -2.75. The quantitative estimate of drug-likeness (QED) is 0.0674. The van der Waals surface area contributed by atoms with Crippen molar-refractivity contribution in [2.24, 2.45) is 0 Å². The van der Waals surface area contributed by atoms with Crippen LogP contribution in [0.3, 0.4) is 0 Å². The molecule has 0 aliphatic rings. The second-order valence-electron chi connectivity index (χ2n) is 16.9. The van der Waals surface area contributed by atoms with Gasteiger partial charge in [-0.25, -0.2) is 0 Å². The van der Waals surface area contributed by atoms with Gasteiger partial charge in [-0.15, -0.1) is 0 Å². The zero-order chi connectivity index (χ0) is 57.9. The molecule has 7 rings (SSSR count). The maximum absolute atomic E-state index is 14.2. The summed E-state index contributed by atoms with van der Waals surface area (Å²) < 4.78 is 344. The van der Waals surface area contributed by atoms with Crippen LogP contribution in [0.4, 0.5) is 105 Å². The number of benzene rings is 6. The van der Waals surface area contributed by atoms with E-state index >= 15 is 0 Å². The van der Waals surface area contributed by atoms with Crippen LogP contribution in [0.5, 0.6) is 0 Å². The molecule has 77 heavy (non-hydrogen) atoms. The van der Waals surface area contributed by atoms with Gasteiger partial charge in [0.1, 0.15) is 6.15 Å². The Kier molecular flexibility index (Phi) is 15.9. The SMILES string of the molecule is FC(F)(F)c1cc([B-](c2cc(C(F)(F)F)cc(C(F)(F)F)c2)(c2cc(C(F)(F)F)cc(C(F)(F)F)c2)c2cc(C(F)(F)F)cc(C(F)(F)F)c2)cc(C(F)(F)F)c1.O=C(C[n+]1cc(Br)cc2ccccc21)c1ccccc1. The van der Waals surface area contributed by atoms with Crippen LogP contribution in [0, 0.1) is 0 Å². The first-order valence-electron chi connectivity index (χ1n) is 21.0. The molecule has 0 N–H and O–H groups in total. The Morgan fingerprint density at radius 1 is 0.364 bits per heavy atom. The molecule has 410 valence electrons. The van der Waals surface area contributed by atoms with Crippen LogP contribution < -0.4 is 26.4 Å². The van der Waals surface area contributed by atoms with E-state index < -0.39 is 195 Å². The number of carbonyl (C=O) groups excluding carboxylic acids is 1. The molecule has 0 bridgehead atoms. The molecule has 0 unspecified atom stereocenters. The van der Waals surface area contributed by atoms with E-state index in [0.29, 0.717) is 6.54 Å². The number of carbonyl (C=O) groups is 1. The Balaban J connectivity index is 0.000000397. The first-order chi connectivity index (χ1) is 35.0. The van der Waals surface area contributed by atoms with E-state index in [4.69, 9.17) is 0 Å². The van der Waals surface area contributed by atoms with Gasteiger partial charge in [0, 0.05) is 17.0 Å². The number of halogens is 25. The summed E-state index contributed by atoms with van der Waals surface area (Å²) in [5.41, 5.74) is -28.4. The van der Waals surface area contributed by atoms with Gasteiger partial charge in [-0.3, -0.25) is 4.79 Å². The van der Waals surface area contributed by atoms with Crippen LogP contribution in [0.1, 0.15) is 54.9 Å². The third-order valence-electron chi connectivity index (χ3n) is 11.7. The van der Waals surface area contributed by atoms with Crippen molar-refractivity contribution >= 4 is 60.6 Å². The topological polar surface area (TPSA) is 20.9 Å². The van der Waals surface area contributed by atoms with Gasteiger partial charge in [-0.05, 0) is 52.3 Å². The number of fused-ring (bicyclic) bond motifs is 1. The summed E-state index contributed by atoms with van der Waals surface area (Å²) in [6, 6.07) is 10.7. The molecular weight excluding hydrogens is 1170 g/mol. The van der Waals surface area contributed by atoms with E-state index in [9.17, 15) is 110 Å². The molecule has 0 atom stereocenters. The Morgan fingerprint density at radius 3 is 0.896 bits per heavy atom. The molecule has 7 aromatic rings. The number of nitrogens with zero attached hydrogens (tertiary/aromatic N) is 1. The highest BCUT2D eigenvalue weighted by Gasteiger charge is 2.47. The number of hydrogen-bond donors (Lipinski definition) is 0. The Bertz CT molecular complexity index is 2870. The van der Waals surface area contributed by atoms with Gasteiger partial charge >= 0.3 is 49.4 Å². The second-order valence-corrected chi connectivity index (χ2v) is 17.8. The fourth-order valence-corrected chi connectivity index (χ4v) is 8.84. The molecule has 0 spiro atoms. The van der Waals surface area contributed by atoms with Gasteiger partial charge in [-0.1, -0.05) is 91.0 Å². The average molecular weight is 1190 g/mol. The lowest BCUT2D eigenvalue weighted by Gasteiger charge is -2.46. The van der Waals surface area contributed by atoms with Crippen LogP contribution in [0.2, 0.25) is 0 Å². The predicted octanol–water partition coefficient (Wildman–Crippen LogP) is 15.0. The predicted molar refractivity (Wildman–Crippen MR) is 233 cm³/mol. The molecule has 1 aromatic heterocycles. The summed E-state index contributed by atoms with van der Waals surface area (Å²) in [5.74, 6) is 0.110. The number of alkyl halides is 24. The minimum Gasteiger partial charge on any atom is -0.287 e. The number of aromatic nitrogens is 1. The molecule has 6 aromatic carbocycles. The van der Waals surface area contributed by atoms with Crippen LogP contribution in [0.25, 0.3) is 10.9 Å². The van der Waals surface area contributed by atoms with Gasteiger partial charge in [0.25, 0.3) is 0 Å². The highest BCUT2D eigenvalue weighted by Crippen LogP contribution is 2.41. The highest BCUT2D eigenvalue weighted by molar-refractivity contribution is 9.10. The molecule has 0 saturated carbocycles. The standard InChI is InChI=1S/C32H12BF24.C17H13BrNO/c34-25(35,36)13-1-14(26(37,38)39)6-21(5-13)33(22-7-15(27(40,41)42)2-16(8-22)28(43,44)45,23-9-17(29(46,47)48)3-18(10-23)30(49,50)51)24-11-19(31(52,53)54)4-20(12-24)32(55,56)57;18-15-10-14-8-4-5-9-16(14)19(11-15)12-17(20)13-6-2-1-3-7-13/h1-12H;1-11H,12H2/q-1;+1. The minimum atomic E-state index is -6.13. The number of pyridine rings is 1. The Morgan fingerprint density at radius 2 is 0.623 bits per heavy atom. The smallest absolute Gasteiger partial charge is 0.287 e. The van der Waals surface area contributed by atoms with E-state index in [1.165, 1.54) is 0 Å². The van der Waals surface area contributed by atoms with Gasteiger partial charge in [-0.2, -0.15) is 132 Å². The van der Waals surface area contributed by atoms with Crippen LogP contribution >= 0.6 is 15.9 Å². The van der Waals surface area contributed by atoms with E-state index in [-0.39, 0.29) is 5.78 Å². The second kappa shape index (κ2) is 20.6. The molecule has 0 radical (unpaired) electrons. The van der Waals surface area contributed by atoms with Crippen molar-refractivity contribution in [2.75, 3.05) is 0 Å². The molecule has 28 heteroatoms. The van der Waals surface area contributed by atoms with Crippen LogP contribution in [-0.2, 0) is 56.0 Å². The molecule has 1 heterocycles. The Labute approximate surface area is 424 Å². The van der Waals surface area contributed by atoms with E-state index in [1.54, 1.807) is 0 Å². The monoisotopic (exact) mass is 1190 g/mol. The van der Waals surface area contributed by atoms with Crippen molar-refractivity contribution in [2.45, 2.75) is 56.0 Å². The largest absolute Gasteiger partial charge is 0.416 e. The maximum Gasteiger partial charge on any atom is 0.416 e. The molecule has 0 aliphatic carbocycles. The Hall–Kier alpha value is -6.74. The van der Waals surface area contributed by atoms with Crippen molar-refractivity contribution in [3.63, 3.8) is 0 Å². The number of ketones is 1. The van der Waals surface area contributed by atoms with Crippen LogP contribution in [0.15, 0.2) is 144 Å². The third-order valence-corrected chi connectivity index (χ3v) is 12.1. The van der Waals surface area contributed by atoms with Gasteiger partial charge in [0.15, 0.2) is 6.20 Å². The normalized spacial score (nSPS) is 13.4. The molecule has 0 saturated heterocycles. The highest BCUT2D eigenvalue weighted by atomic mass is 79.9. The number of rotatable bonds is 7. The zero-order valence-corrected chi connectivity index (χ0v) is 39.0. The number of para-hydroxylation sites is 1. The molecular formula is C49H25BBrF24NO. The molecule has 0 aliphatic heterocycles. The van der Waals surface area contributed by atoms with Crippen molar-refractivity contribution in [3.05, 3.63) is 194 Å². The molecule has 0 fully saturated rings. The van der Waals surface area contributed by atoms with E-state index in [2.05, 4.69) is 22.0 Å². The van der Waals surface area contributed by atoms with E-state index in [0.717, 1.165) is 20.9 Å². The molecule has 2 nitrogen and oxygen atoms in total. The van der Waals surface area contributed by atoms with Gasteiger partial charge in [0.2, 0.25) is 17.8 Å². The van der Waals surface area contributed by atoms with Crippen molar-refractivity contribution in [1.29, 1.82) is 0 Å².